The monoisotopic (exact) mass is 397 g/mol. The summed E-state index contributed by atoms with van der Waals surface area (Å²) in [6.45, 7) is 0.854. The van der Waals surface area contributed by atoms with Gasteiger partial charge in [0.25, 0.3) is 0 Å². The highest BCUT2D eigenvalue weighted by atomic mass is 35.5. The van der Waals surface area contributed by atoms with E-state index in [1.807, 2.05) is 22.9 Å². The van der Waals surface area contributed by atoms with Crippen molar-refractivity contribution in [2.24, 2.45) is 0 Å². The predicted octanol–water partition coefficient (Wildman–Crippen LogP) is 6.12. The van der Waals surface area contributed by atoms with Gasteiger partial charge in [-0.25, -0.2) is 4.68 Å². The number of rotatable bonds is 2. The fourth-order valence-corrected chi connectivity index (χ4v) is 3.66. The van der Waals surface area contributed by atoms with Crippen molar-refractivity contribution in [2.45, 2.75) is 6.42 Å². The minimum atomic E-state index is 0.507. The Morgan fingerprint density at radius 1 is 0.917 bits per heavy atom. The van der Waals surface area contributed by atoms with Gasteiger partial charge < -0.3 is 5.32 Å². The van der Waals surface area contributed by atoms with Crippen LogP contribution >= 0.6 is 46.4 Å². The van der Waals surface area contributed by atoms with E-state index in [1.54, 1.807) is 18.2 Å². The first-order valence-electron chi connectivity index (χ1n) is 7.31. The fourth-order valence-electron chi connectivity index (χ4n) is 2.88. The first-order chi connectivity index (χ1) is 11.5. The van der Waals surface area contributed by atoms with Gasteiger partial charge in [0.05, 0.1) is 26.4 Å². The van der Waals surface area contributed by atoms with E-state index < -0.39 is 0 Å². The molecule has 7 heteroatoms. The molecule has 0 saturated heterocycles. The molecule has 1 aliphatic heterocycles. The van der Waals surface area contributed by atoms with Gasteiger partial charge in [0.2, 0.25) is 0 Å². The summed E-state index contributed by atoms with van der Waals surface area (Å²) in [6.07, 6.45) is 0.885. The maximum Gasteiger partial charge on any atom is 0.133 e. The predicted molar refractivity (Wildman–Crippen MR) is 101 cm³/mol. The Bertz CT molecular complexity index is 949. The maximum absolute atomic E-state index is 6.36. The van der Waals surface area contributed by atoms with Gasteiger partial charge in [0.1, 0.15) is 5.82 Å². The average molecular weight is 399 g/mol. The van der Waals surface area contributed by atoms with Gasteiger partial charge in [-0.1, -0.05) is 52.5 Å². The highest BCUT2D eigenvalue weighted by molar-refractivity contribution is 6.42. The van der Waals surface area contributed by atoms with Crippen molar-refractivity contribution in [1.82, 2.24) is 9.78 Å². The fraction of sp³-hybridized carbons (Fsp3) is 0.118. The van der Waals surface area contributed by atoms with Gasteiger partial charge in [0, 0.05) is 22.7 Å². The second-order valence-corrected chi connectivity index (χ2v) is 7.15. The van der Waals surface area contributed by atoms with Gasteiger partial charge in [-0.05, 0) is 36.8 Å². The van der Waals surface area contributed by atoms with E-state index in [-0.39, 0.29) is 0 Å². The van der Waals surface area contributed by atoms with E-state index in [1.165, 1.54) is 0 Å². The molecule has 0 fully saturated rings. The number of aromatic nitrogens is 2. The van der Waals surface area contributed by atoms with Crippen molar-refractivity contribution in [1.29, 1.82) is 0 Å². The smallest absolute Gasteiger partial charge is 0.133 e. The second kappa shape index (κ2) is 6.16. The zero-order valence-electron chi connectivity index (χ0n) is 12.3. The molecule has 1 N–H and O–H groups in total. The largest absolute Gasteiger partial charge is 0.369 e. The zero-order chi connectivity index (χ0) is 16.8. The Kier molecular flexibility index (Phi) is 4.13. The zero-order valence-corrected chi connectivity index (χ0v) is 15.3. The molecule has 1 aliphatic rings. The van der Waals surface area contributed by atoms with Crippen molar-refractivity contribution >= 4 is 52.2 Å². The summed E-state index contributed by atoms with van der Waals surface area (Å²) in [5.41, 5.74) is 3.71. The number of anilines is 1. The molecule has 0 unspecified atom stereocenters. The van der Waals surface area contributed by atoms with Crippen LogP contribution in [0, 0.1) is 0 Å². The summed E-state index contributed by atoms with van der Waals surface area (Å²) in [5.74, 6) is 0.945. The lowest BCUT2D eigenvalue weighted by Crippen LogP contribution is -2.04. The third kappa shape index (κ3) is 2.66. The van der Waals surface area contributed by atoms with Crippen LogP contribution in [0.3, 0.4) is 0 Å². The lowest BCUT2D eigenvalue weighted by Gasteiger charge is -2.08. The normalized spacial score (nSPS) is 13.0. The van der Waals surface area contributed by atoms with Crippen molar-refractivity contribution in [3.63, 3.8) is 0 Å². The number of hydrogen-bond acceptors (Lipinski definition) is 2. The minimum absolute atomic E-state index is 0.507. The molecule has 24 heavy (non-hydrogen) atoms. The van der Waals surface area contributed by atoms with Gasteiger partial charge in [-0.3, -0.25) is 0 Å². The molecule has 3 nitrogen and oxygen atoms in total. The number of nitrogens with one attached hydrogen (secondary N) is 1. The molecule has 4 rings (SSSR count). The SMILES string of the molecule is Clc1ccc(-n2nc(-c3ccc(Cl)c(Cl)c3)c3c2NCC3)c(Cl)c1. The molecule has 122 valence electrons. The van der Waals surface area contributed by atoms with Crippen LogP contribution in [0.1, 0.15) is 5.56 Å². The molecule has 0 radical (unpaired) electrons. The van der Waals surface area contributed by atoms with E-state index in [0.717, 1.165) is 41.3 Å². The van der Waals surface area contributed by atoms with E-state index in [0.29, 0.717) is 20.1 Å². The molecule has 3 aromatic rings. The molecule has 1 aromatic heterocycles. The molecule has 0 amide bonds. The Morgan fingerprint density at radius 2 is 1.75 bits per heavy atom. The topological polar surface area (TPSA) is 29.9 Å². The third-order valence-corrected chi connectivity index (χ3v) is 5.26. The number of benzene rings is 2. The summed E-state index contributed by atoms with van der Waals surface area (Å²) in [5, 5.41) is 10.3. The van der Waals surface area contributed by atoms with Crippen LogP contribution in [0.5, 0.6) is 0 Å². The molecule has 0 bridgehead atoms. The van der Waals surface area contributed by atoms with Crippen LogP contribution in [0.2, 0.25) is 20.1 Å². The van der Waals surface area contributed by atoms with Gasteiger partial charge >= 0.3 is 0 Å². The summed E-state index contributed by atoms with van der Waals surface area (Å²) in [6, 6.07) is 10.9. The maximum atomic E-state index is 6.36. The lowest BCUT2D eigenvalue weighted by atomic mass is 10.1. The number of nitrogens with zero attached hydrogens (tertiary/aromatic N) is 2. The molecule has 2 aromatic carbocycles. The second-order valence-electron chi connectivity index (χ2n) is 5.49. The van der Waals surface area contributed by atoms with E-state index >= 15 is 0 Å². The number of hydrogen-bond donors (Lipinski definition) is 1. The summed E-state index contributed by atoms with van der Waals surface area (Å²) in [4.78, 5) is 0. The summed E-state index contributed by atoms with van der Waals surface area (Å²) >= 11 is 24.5. The molecular weight excluding hydrogens is 388 g/mol. The third-order valence-electron chi connectivity index (χ3n) is 3.98. The summed E-state index contributed by atoms with van der Waals surface area (Å²) in [7, 11) is 0. The van der Waals surface area contributed by atoms with E-state index in [9.17, 15) is 0 Å². The minimum Gasteiger partial charge on any atom is -0.369 e. The Hall–Kier alpha value is -1.39. The molecule has 0 saturated carbocycles. The molecular formula is C17H11Cl4N3. The van der Waals surface area contributed by atoms with Crippen LogP contribution in [0.15, 0.2) is 36.4 Å². The standard InChI is InChI=1S/C17H11Cl4N3/c18-10-2-4-15(14(21)8-10)24-17-11(5-6-22-17)16(23-24)9-1-3-12(19)13(20)7-9/h1-4,7-8,22H,5-6H2. The van der Waals surface area contributed by atoms with Crippen LogP contribution < -0.4 is 5.32 Å². The Morgan fingerprint density at radius 3 is 2.50 bits per heavy atom. The molecule has 0 aliphatic carbocycles. The lowest BCUT2D eigenvalue weighted by molar-refractivity contribution is 0.882. The molecule has 2 heterocycles. The van der Waals surface area contributed by atoms with Crippen LogP contribution in [0.4, 0.5) is 5.82 Å². The molecule has 0 spiro atoms. The Labute approximate surface area is 159 Å². The van der Waals surface area contributed by atoms with E-state index in [4.69, 9.17) is 51.5 Å². The van der Waals surface area contributed by atoms with Crippen molar-refractivity contribution in [3.05, 3.63) is 62.1 Å². The number of halogens is 4. The van der Waals surface area contributed by atoms with E-state index in [2.05, 4.69) is 5.32 Å². The first kappa shape index (κ1) is 16.1. The first-order valence-corrected chi connectivity index (χ1v) is 8.82. The van der Waals surface area contributed by atoms with Crippen LogP contribution in [-0.2, 0) is 6.42 Å². The van der Waals surface area contributed by atoms with Crippen molar-refractivity contribution in [3.8, 4) is 16.9 Å². The average Bonchev–Trinajstić information content (AvgIpc) is 3.13. The number of fused-ring (bicyclic) bond motifs is 1. The van der Waals surface area contributed by atoms with Crippen molar-refractivity contribution < 1.29 is 0 Å². The highest BCUT2D eigenvalue weighted by Crippen LogP contribution is 2.38. The van der Waals surface area contributed by atoms with Crippen LogP contribution in [-0.4, -0.2) is 16.3 Å². The van der Waals surface area contributed by atoms with Gasteiger partial charge in [0.15, 0.2) is 0 Å². The quantitative estimate of drug-likeness (QED) is 0.563. The molecule has 0 atom stereocenters. The van der Waals surface area contributed by atoms with Crippen LogP contribution in [0.25, 0.3) is 16.9 Å². The van der Waals surface area contributed by atoms with Gasteiger partial charge in [-0.2, -0.15) is 5.10 Å². The Balaban J connectivity index is 1.90. The summed E-state index contributed by atoms with van der Waals surface area (Å²) < 4.78 is 1.82. The highest BCUT2D eigenvalue weighted by Gasteiger charge is 2.25. The van der Waals surface area contributed by atoms with Crippen molar-refractivity contribution in [2.75, 3.05) is 11.9 Å². The van der Waals surface area contributed by atoms with Gasteiger partial charge in [-0.15, -0.1) is 0 Å².